The van der Waals surface area contributed by atoms with Gasteiger partial charge in [0.1, 0.15) is 0 Å². The average Bonchev–Trinajstić information content (AvgIpc) is 2.64. The Morgan fingerprint density at radius 2 is 1.81 bits per heavy atom. The molecule has 4 heteroatoms. The first kappa shape index (κ1) is 11.6. The highest BCUT2D eigenvalue weighted by molar-refractivity contribution is 7.12. The Labute approximate surface area is 108 Å². The van der Waals surface area contributed by atoms with E-state index in [1.807, 2.05) is 18.4 Å². The highest BCUT2D eigenvalue weighted by atomic mass is 35.5. The lowest BCUT2D eigenvalue weighted by molar-refractivity contribution is 0.104. The van der Waals surface area contributed by atoms with Crippen LogP contribution in [0.4, 0.5) is 0 Å². The third kappa shape index (κ3) is 2.01. The lowest BCUT2D eigenvalue weighted by atomic mass is 10.1. The van der Waals surface area contributed by atoms with Crippen molar-refractivity contribution in [3.63, 3.8) is 0 Å². The SMILES string of the molecule is Cc1ccsc1C(=O)c1c(Cl)cccc1Cl. The molecular weight excluding hydrogens is 263 g/mol. The highest BCUT2D eigenvalue weighted by Crippen LogP contribution is 2.29. The molecule has 0 atom stereocenters. The molecule has 2 rings (SSSR count). The summed E-state index contributed by atoms with van der Waals surface area (Å²) in [6.45, 7) is 1.90. The number of rotatable bonds is 2. The fourth-order valence-electron chi connectivity index (χ4n) is 1.43. The lowest BCUT2D eigenvalue weighted by Crippen LogP contribution is -2.02. The van der Waals surface area contributed by atoms with Crippen molar-refractivity contribution in [1.82, 2.24) is 0 Å². The number of hydrogen-bond acceptors (Lipinski definition) is 2. The molecule has 1 nitrogen and oxygen atoms in total. The second-order valence-electron chi connectivity index (χ2n) is 3.36. The first-order chi connectivity index (χ1) is 7.61. The molecule has 0 saturated carbocycles. The van der Waals surface area contributed by atoms with E-state index in [0.717, 1.165) is 5.56 Å². The van der Waals surface area contributed by atoms with Gasteiger partial charge < -0.3 is 0 Å². The van der Waals surface area contributed by atoms with Gasteiger partial charge in [0, 0.05) is 0 Å². The van der Waals surface area contributed by atoms with Crippen LogP contribution in [0.25, 0.3) is 0 Å². The summed E-state index contributed by atoms with van der Waals surface area (Å²) in [4.78, 5) is 12.9. The number of ketones is 1. The van der Waals surface area contributed by atoms with E-state index in [0.29, 0.717) is 20.5 Å². The zero-order chi connectivity index (χ0) is 11.7. The van der Waals surface area contributed by atoms with Gasteiger partial charge in [0.2, 0.25) is 5.78 Å². The fraction of sp³-hybridized carbons (Fsp3) is 0.0833. The van der Waals surface area contributed by atoms with Crippen LogP contribution in [0.2, 0.25) is 10.0 Å². The van der Waals surface area contributed by atoms with E-state index in [9.17, 15) is 4.79 Å². The molecule has 0 aliphatic heterocycles. The molecule has 0 spiro atoms. The van der Waals surface area contributed by atoms with Gasteiger partial charge in [-0.3, -0.25) is 4.79 Å². The molecule has 2 aromatic rings. The molecule has 0 amide bonds. The standard InChI is InChI=1S/C12H8Cl2OS/c1-7-5-6-16-12(7)11(15)10-8(13)3-2-4-9(10)14/h2-6H,1H3. The zero-order valence-corrected chi connectivity index (χ0v) is 10.8. The number of benzene rings is 1. The Bertz CT molecular complexity index is 525. The van der Waals surface area contributed by atoms with Gasteiger partial charge in [0.15, 0.2) is 0 Å². The minimum absolute atomic E-state index is 0.108. The smallest absolute Gasteiger partial charge is 0.206 e. The van der Waals surface area contributed by atoms with Crippen LogP contribution in [0.3, 0.4) is 0 Å². The molecule has 0 aliphatic carbocycles. The molecule has 1 heterocycles. The van der Waals surface area contributed by atoms with Gasteiger partial charge in [0.05, 0.1) is 20.5 Å². The Kier molecular flexibility index (Phi) is 3.33. The van der Waals surface area contributed by atoms with Gasteiger partial charge in [-0.1, -0.05) is 29.3 Å². The van der Waals surface area contributed by atoms with E-state index in [4.69, 9.17) is 23.2 Å². The summed E-state index contributed by atoms with van der Waals surface area (Å²) in [5.41, 5.74) is 1.34. The Morgan fingerprint density at radius 3 is 2.31 bits per heavy atom. The van der Waals surface area contributed by atoms with Crippen LogP contribution in [-0.4, -0.2) is 5.78 Å². The molecule has 0 N–H and O–H groups in total. The summed E-state index contributed by atoms with van der Waals surface area (Å²) < 4.78 is 0. The Balaban J connectivity index is 2.54. The van der Waals surface area contributed by atoms with Crippen LogP contribution in [0.1, 0.15) is 20.8 Å². The van der Waals surface area contributed by atoms with Crippen LogP contribution in [0.5, 0.6) is 0 Å². The molecule has 0 fully saturated rings. The van der Waals surface area contributed by atoms with Crippen molar-refractivity contribution >= 4 is 40.3 Å². The maximum atomic E-state index is 12.2. The van der Waals surface area contributed by atoms with Gasteiger partial charge in [-0.25, -0.2) is 0 Å². The fourth-order valence-corrected chi connectivity index (χ4v) is 2.87. The van der Waals surface area contributed by atoms with Gasteiger partial charge in [-0.2, -0.15) is 0 Å². The van der Waals surface area contributed by atoms with Crippen LogP contribution in [-0.2, 0) is 0 Å². The minimum Gasteiger partial charge on any atom is -0.288 e. The minimum atomic E-state index is -0.108. The van der Waals surface area contributed by atoms with Crippen molar-refractivity contribution in [3.8, 4) is 0 Å². The van der Waals surface area contributed by atoms with Gasteiger partial charge in [-0.05, 0) is 36.1 Å². The molecule has 16 heavy (non-hydrogen) atoms. The number of carbonyl (C=O) groups is 1. The predicted molar refractivity (Wildman–Crippen MR) is 69.0 cm³/mol. The van der Waals surface area contributed by atoms with Crippen LogP contribution >= 0.6 is 34.5 Å². The highest BCUT2D eigenvalue weighted by Gasteiger charge is 2.18. The van der Waals surface area contributed by atoms with Crippen LogP contribution < -0.4 is 0 Å². The number of hydrogen-bond donors (Lipinski definition) is 0. The second kappa shape index (κ2) is 4.58. The number of thiophene rings is 1. The van der Waals surface area contributed by atoms with E-state index in [2.05, 4.69) is 0 Å². The number of carbonyl (C=O) groups excluding carboxylic acids is 1. The zero-order valence-electron chi connectivity index (χ0n) is 8.46. The van der Waals surface area contributed by atoms with Crippen molar-refractivity contribution < 1.29 is 4.79 Å². The molecule has 1 aromatic heterocycles. The molecule has 0 unspecified atom stereocenters. The van der Waals surface area contributed by atoms with Crippen molar-refractivity contribution in [3.05, 3.63) is 55.7 Å². The van der Waals surface area contributed by atoms with E-state index >= 15 is 0 Å². The maximum Gasteiger partial charge on any atom is 0.206 e. The molecule has 0 aliphatic rings. The maximum absolute atomic E-state index is 12.2. The molecule has 0 radical (unpaired) electrons. The summed E-state index contributed by atoms with van der Waals surface area (Å²) in [7, 11) is 0. The molecule has 1 aromatic carbocycles. The first-order valence-electron chi connectivity index (χ1n) is 4.64. The number of halogens is 2. The normalized spacial score (nSPS) is 10.4. The Morgan fingerprint density at radius 1 is 1.19 bits per heavy atom. The summed E-state index contributed by atoms with van der Waals surface area (Å²) in [5, 5.41) is 2.67. The van der Waals surface area contributed by atoms with E-state index in [1.165, 1.54) is 11.3 Å². The summed E-state index contributed by atoms with van der Waals surface area (Å²) in [5.74, 6) is -0.108. The molecule has 0 saturated heterocycles. The molecule has 0 bridgehead atoms. The topological polar surface area (TPSA) is 17.1 Å². The third-order valence-corrected chi connectivity index (χ3v) is 3.90. The average molecular weight is 271 g/mol. The van der Waals surface area contributed by atoms with Gasteiger partial charge >= 0.3 is 0 Å². The lowest BCUT2D eigenvalue weighted by Gasteiger charge is -2.04. The van der Waals surface area contributed by atoms with Crippen LogP contribution in [0.15, 0.2) is 29.6 Å². The first-order valence-corrected chi connectivity index (χ1v) is 6.27. The monoisotopic (exact) mass is 270 g/mol. The predicted octanol–water partition coefficient (Wildman–Crippen LogP) is 4.59. The second-order valence-corrected chi connectivity index (χ2v) is 5.09. The van der Waals surface area contributed by atoms with E-state index in [-0.39, 0.29) is 5.78 Å². The van der Waals surface area contributed by atoms with Crippen molar-refractivity contribution in [2.75, 3.05) is 0 Å². The molecule has 82 valence electrons. The summed E-state index contributed by atoms with van der Waals surface area (Å²) in [6, 6.07) is 6.97. The van der Waals surface area contributed by atoms with Crippen LogP contribution in [0, 0.1) is 6.92 Å². The number of aryl methyl sites for hydroxylation is 1. The van der Waals surface area contributed by atoms with Crippen molar-refractivity contribution in [2.45, 2.75) is 6.92 Å². The summed E-state index contributed by atoms with van der Waals surface area (Å²) >= 11 is 13.4. The molecular formula is C12H8Cl2OS. The van der Waals surface area contributed by atoms with Crippen molar-refractivity contribution in [2.24, 2.45) is 0 Å². The van der Waals surface area contributed by atoms with Crippen molar-refractivity contribution in [1.29, 1.82) is 0 Å². The summed E-state index contributed by atoms with van der Waals surface area (Å²) in [6.07, 6.45) is 0. The van der Waals surface area contributed by atoms with Gasteiger partial charge in [0.25, 0.3) is 0 Å². The van der Waals surface area contributed by atoms with E-state index < -0.39 is 0 Å². The quantitative estimate of drug-likeness (QED) is 0.730. The van der Waals surface area contributed by atoms with Gasteiger partial charge in [-0.15, -0.1) is 11.3 Å². The van der Waals surface area contributed by atoms with E-state index in [1.54, 1.807) is 18.2 Å². The largest absolute Gasteiger partial charge is 0.288 e. The Hall–Kier alpha value is -0.830. The third-order valence-electron chi connectivity index (χ3n) is 2.26.